The van der Waals surface area contributed by atoms with Crippen LogP contribution in [0.3, 0.4) is 0 Å². The third-order valence-electron chi connectivity index (χ3n) is 3.56. The minimum absolute atomic E-state index is 0.0382. The largest absolute Gasteiger partial charge is 0.369 e. The van der Waals surface area contributed by atoms with Gasteiger partial charge in [0.1, 0.15) is 5.82 Å². The average Bonchev–Trinajstić information content (AvgIpc) is 2.60. The summed E-state index contributed by atoms with van der Waals surface area (Å²) in [6.45, 7) is 0.0382. The molecule has 2 rings (SSSR count). The van der Waals surface area contributed by atoms with Crippen molar-refractivity contribution in [2.75, 3.05) is 11.9 Å². The van der Waals surface area contributed by atoms with Crippen LogP contribution in [0.2, 0.25) is 0 Å². The van der Waals surface area contributed by atoms with E-state index in [-0.39, 0.29) is 12.4 Å². The van der Waals surface area contributed by atoms with Gasteiger partial charge in [0.15, 0.2) is 0 Å². The average molecular weight is 340 g/mol. The zero-order chi connectivity index (χ0) is 18.2. The monoisotopic (exact) mass is 340 g/mol. The summed E-state index contributed by atoms with van der Waals surface area (Å²) in [5.74, 6) is -1.55. The van der Waals surface area contributed by atoms with Crippen LogP contribution in [0, 0.1) is 23.1 Å². The number of nitriles is 1. The third kappa shape index (κ3) is 5.62. The van der Waals surface area contributed by atoms with Crippen LogP contribution in [-0.2, 0) is 11.2 Å². The van der Waals surface area contributed by atoms with Crippen LogP contribution >= 0.6 is 0 Å². The number of amides is 3. The number of halogens is 1. The molecule has 0 aliphatic heterocycles. The van der Waals surface area contributed by atoms with Gasteiger partial charge in [0, 0.05) is 12.2 Å². The Balaban J connectivity index is 1.91. The van der Waals surface area contributed by atoms with Crippen molar-refractivity contribution in [2.45, 2.75) is 6.42 Å². The summed E-state index contributed by atoms with van der Waals surface area (Å²) in [5.41, 5.74) is 7.00. The molecule has 0 heterocycles. The molecule has 0 saturated carbocycles. The number of primary amides is 1. The van der Waals surface area contributed by atoms with E-state index < -0.39 is 17.9 Å². The first kappa shape index (κ1) is 17.9. The molecule has 2 aromatic rings. The fourth-order valence-corrected chi connectivity index (χ4v) is 2.24. The quantitative estimate of drug-likeness (QED) is 0.750. The maximum Gasteiger partial charge on any atom is 0.319 e. The predicted molar refractivity (Wildman–Crippen MR) is 91.0 cm³/mol. The lowest BCUT2D eigenvalue weighted by Crippen LogP contribution is -2.39. The lowest BCUT2D eigenvalue weighted by atomic mass is 9.98. The Morgan fingerprint density at radius 1 is 1.20 bits per heavy atom. The van der Waals surface area contributed by atoms with Gasteiger partial charge in [-0.1, -0.05) is 18.2 Å². The van der Waals surface area contributed by atoms with Crippen LogP contribution in [0.25, 0.3) is 0 Å². The molecular weight excluding hydrogens is 323 g/mol. The molecule has 7 heteroatoms. The summed E-state index contributed by atoms with van der Waals surface area (Å²) in [5, 5.41) is 14.0. The zero-order valence-electron chi connectivity index (χ0n) is 13.3. The standard InChI is InChI=1S/C18H17FN4O2/c19-15-6-4-12(5-7-15)8-14(17(21)24)11-22-18(25)23-16-3-1-2-13(9-16)10-20/h1-7,9,14H,8,11H2,(H2,21,24)(H2,22,23,25). The molecule has 128 valence electrons. The van der Waals surface area contributed by atoms with Crippen LogP contribution in [-0.4, -0.2) is 18.5 Å². The Bertz CT molecular complexity index is 799. The van der Waals surface area contributed by atoms with E-state index >= 15 is 0 Å². The SMILES string of the molecule is N#Cc1cccc(NC(=O)NCC(Cc2ccc(F)cc2)C(N)=O)c1. The summed E-state index contributed by atoms with van der Waals surface area (Å²) >= 11 is 0. The smallest absolute Gasteiger partial charge is 0.319 e. The van der Waals surface area contributed by atoms with Crippen molar-refractivity contribution in [2.24, 2.45) is 11.7 Å². The van der Waals surface area contributed by atoms with E-state index in [2.05, 4.69) is 10.6 Å². The number of hydrogen-bond donors (Lipinski definition) is 3. The lowest BCUT2D eigenvalue weighted by molar-refractivity contribution is -0.121. The first-order valence-electron chi connectivity index (χ1n) is 7.56. The molecule has 0 aliphatic carbocycles. The highest BCUT2D eigenvalue weighted by Crippen LogP contribution is 2.11. The molecule has 0 spiro atoms. The van der Waals surface area contributed by atoms with Gasteiger partial charge in [-0.2, -0.15) is 5.26 Å². The molecule has 4 N–H and O–H groups in total. The number of rotatable bonds is 6. The first-order chi connectivity index (χ1) is 12.0. The molecule has 0 fully saturated rings. The van der Waals surface area contributed by atoms with Crippen LogP contribution in [0.15, 0.2) is 48.5 Å². The van der Waals surface area contributed by atoms with E-state index in [9.17, 15) is 14.0 Å². The summed E-state index contributed by atoms with van der Waals surface area (Å²) in [4.78, 5) is 23.5. The van der Waals surface area contributed by atoms with Gasteiger partial charge in [0.2, 0.25) is 5.91 Å². The van der Waals surface area contributed by atoms with Gasteiger partial charge >= 0.3 is 6.03 Å². The van der Waals surface area contributed by atoms with Crippen molar-refractivity contribution >= 4 is 17.6 Å². The number of anilines is 1. The molecule has 0 aliphatic rings. The second-order valence-corrected chi connectivity index (χ2v) is 5.46. The van der Waals surface area contributed by atoms with Gasteiger partial charge in [-0.25, -0.2) is 9.18 Å². The summed E-state index contributed by atoms with van der Waals surface area (Å²) in [6.07, 6.45) is 0.291. The van der Waals surface area contributed by atoms with E-state index in [1.165, 1.54) is 18.2 Å². The van der Waals surface area contributed by atoms with Gasteiger partial charge < -0.3 is 16.4 Å². The topological polar surface area (TPSA) is 108 Å². The van der Waals surface area contributed by atoms with Gasteiger partial charge in [0.05, 0.1) is 17.6 Å². The zero-order valence-corrected chi connectivity index (χ0v) is 13.3. The van der Waals surface area contributed by atoms with Crippen molar-refractivity contribution in [1.82, 2.24) is 5.32 Å². The summed E-state index contributed by atoms with van der Waals surface area (Å²) in [6, 6.07) is 13.6. The minimum atomic E-state index is -0.623. The molecule has 3 amide bonds. The van der Waals surface area contributed by atoms with E-state index in [1.54, 1.807) is 30.3 Å². The molecule has 0 aromatic heterocycles. The van der Waals surface area contributed by atoms with Crippen molar-refractivity contribution in [1.29, 1.82) is 5.26 Å². The summed E-state index contributed by atoms with van der Waals surface area (Å²) < 4.78 is 12.9. The van der Waals surface area contributed by atoms with Gasteiger partial charge in [-0.15, -0.1) is 0 Å². The Labute approximate surface area is 144 Å². The Morgan fingerprint density at radius 3 is 2.56 bits per heavy atom. The highest BCUT2D eigenvalue weighted by molar-refractivity contribution is 5.89. The molecule has 2 aromatic carbocycles. The number of nitrogens with one attached hydrogen (secondary N) is 2. The number of nitrogens with two attached hydrogens (primary N) is 1. The van der Waals surface area contributed by atoms with Crippen molar-refractivity contribution in [3.05, 3.63) is 65.5 Å². The number of hydrogen-bond acceptors (Lipinski definition) is 3. The fourth-order valence-electron chi connectivity index (χ4n) is 2.24. The van der Waals surface area contributed by atoms with Crippen molar-refractivity contribution < 1.29 is 14.0 Å². The second-order valence-electron chi connectivity index (χ2n) is 5.46. The molecule has 1 atom stereocenters. The normalized spacial score (nSPS) is 11.2. The molecular formula is C18H17FN4O2. The molecule has 1 unspecified atom stereocenters. The Hall–Kier alpha value is -3.40. The molecule has 0 radical (unpaired) electrons. The number of nitrogens with zero attached hydrogens (tertiary/aromatic N) is 1. The molecule has 0 saturated heterocycles. The second kappa shape index (κ2) is 8.45. The number of carbonyl (C=O) groups is 2. The Morgan fingerprint density at radius 2 is 1.92 bits per heavy atom. The fraction of sp³-hybridized carbons (Fsp3) is 0.167. The highest BCUT2D eigenvalue weighted by Gasteiger charge is 2.17. The molecule has 6 nitrogen and oxygen atoms in total. The van der Waals surface area contributed by atoms with Gasteiger partial charge in [-0.3, -0.25) is 4.79 Å². The van der Waals surface area contributed by atoms with E-state index in [0.29, 0.717) is 17.7 Å². The minimum Gasteiger partial charge on any atom is -0.369 e. The maximum atomic E-state index is 12.9. The van der Waals surface area contributed by atoms with Crippen LogP contribution < -0.4 is 16.4 Å². The summed E-state index contributed by atoms with van der Waals surface area (Å²) in [7, 11) is 0. The predicted octanol–water partition coefficient (Wildman–Crippen LogP) is 2.16. The molecule has 0 bridgehead atoms. The number of urea groups is 1. The first-order valence-corrected chi connectivity index (χ1v) is 7.56. The van der Waals surface area contributed by atoms with Crippen LogP contribution in [0.5, 0.6) is 0 Å². The van der Waals surface area contributed by atoms with Crippen molar-refractivity contribution in [3.8, 4) is 6.07 Å². The van der Waals surface area contributed by atoms with Crippen molar-refractivity contribution in [3.63, 3.8) is 0 Å². The number of benzene rings is 2. The van der Waals surface area contributed by atoms with Crippen LogP contribution in [0.4, 0.5) is 14.9 Å². The molecule has 25 heavy (non-hydrogen) atoms. The van der Waals surface area contributed by atoms with Gasteiger partial charge in [-0.05, 0) is 42.3 Å². The maximum absolute atomic E-state index is 12.9. The highest BCUT2D eigenvalue weighted by atomic mass is 19.1. The van der Waals surface area contributed by atoms with E-state index in [0.717, 1.165) is 5.56 Å². The Kier molecular flexibility index (Phi) is 6.07. The van der Waals surface area contributed by atoms with E-state index in [1.807, 2.05) is 6.07 Å². The lowest BCUT2D eigenvalue weighted by Gasteiger charge is -2.15. The van der Waals surface area contributed by atoms with Crippen LogP contribution in [0.1, 0.15) is 11.1 Å². The van der Waals surface area contributed by atoms with Gasteiger partial charge in [0.25, 0.3) is 0 Å². The number of carbonyl (C=O) groups excluding carboxylic acids is 2. The van der Waals surface area contributed by atoms with E-state index in [4.69, 9.17) is 11.0 Å². The third-order valence-corrected chi connectivity index (χ3v) is 3.56.